The molecule has 0 aliphatic carbocycles. The van der Waals surface area contributed by atoms with Crippen LogP contribution in [-0.2, 0) is 11.8 Å². The summed E-state index contributed by atoms with van der Waals surface area (Å²) < 4.78 is 0. The lowest BCUT2D eigenvalue weighted by Crippen LogP contribution is -2.11. The zero-order chi connectivity index (χ0) is 13.3. The first-order chi connectivity index (χ1) is 8.04. The Morgan fingerprint density at radius 2 is 1.53 bits per heavy atom. The van der Waals surface area contributed by atoms with Crippen LogP contribution in [0, 0.1) is 0 Å². The van der Waals surface area contributed by atoms with E-state index < -0.39 is 0 Å². The highest BCUT2D eigenvalue weighted by atomic mass is 14.8. The molecule has 98 valence electrons. The van der Waals surface area contributed by atoms with Gasteiger partial charge in [0.15, 0.2) is 0 Å². The predicted octanol–water partition coefficient (Wildman–Crippen LogP) is 4.16. The van der Waals surface area contributed by atoms with E-state index in [9.17, 15) is 0 Å². The van der Waals surface area contributed by atoms with Crippen LogP contribution in [0.3, 0.4) is 0 Å². The number of nitrogens with one attached hydrogen (secondary N) is 1. The molecular formula is C16H29N. The quantitative estimate of drug-likeness (QED) is 0.773. The lowest BCUT2D eigenvalue weighted by Gasteiger charge is -2.19. The molecule has 1 rings (SSSR count). The van der Waals surface area contributed by atoms with Gasteiger partial charge in [-0.25, -0.2) is 0 Å². The third-order valence-corrected chi connectivity index (χ3v) is 2.71. The van der Waals surface area contributed by atoms with Gasteiger partial charge in [0.1, 0.15) is 0 Å². The van der Waals surface area contributed by atoms with Crippen LogP contribution in [-0.4, -0.2) is 13.6 Å². The Bertz CT molecular complexity index is 279. The minimum absolute atomic E-state index is 0.267. The molecule has 0 aliphatic rings. The second-order valence-electron chi connectivity index (χ2n) is 5.15. The fourth-order valence-corrected chi connectivity index (χ4v) is 1.64. The zero-order valence-electron chi connectivity index (χ0n) is 12.4. The Morgan fingerprint density at radius 1 is 1.00 bits per heavy atom. The van der Waals surface area contributed by atoms with Gasteiger partial charge < -0.3 is 5.32 Å². The van der Waals surface area contributed by atoms with Crippen LogP contribution in [0.25, 0.3) is 0 Å². The van der Waals surface area contributed by atoms with Crippen LogP contribution in [0.5, 0.6) is 0 Å². The smallest absolute Gasteiger partial charge is 0.00488 e. The summed E-state index contributed by atoms with van der Waals surface area (Å²) in [5.74, 6) is 0. The highest BCUT2D eigenvalue weighted by molar-refractivity contribution is 5.27. The topological polar surface area (TPSA) is 12.0 Å². The van der Waals surface area contributed by atoms with Gasteiger partial charge in [-0.15, -0.1) is 0 Å². The molecule has 1 N–H and O–H groups in total. The minimum atomic E-state index is 0.267. The van der Waals surface area contributed by atoms with Crippen LogP contribution in [0.4, 0.5) is 0 Å². The molecule has 17 heavy (non-hydrogen) atoms. The molecule has 1 nitrogen and oxygen atoms in total. The average molecular weight is 235 g/mol. The number of hydrogen-bond donors (Lipinski definition) is 1. The van der Waals surface area contributed by atoms with Crippen molar-refractivity contribution in [3.05, 3.63) is 35.4 Å². The van der Waals surface area contributed by atoms with Gasteiger partial charge in [-0.3, -0.25) is 0 Å². The van der Waals surface area contributed by atoms with E-state index in [1.165, 1.54) is 24.0 Å². The van der Waals surface area contributed by atoms with E-state index in [0.29, 0.717) is 0 Å². The van der Waals surface area contributed by atoms with Gasteiger partial charge in [0.2, 0.25) is 0 Å². The number of rotatable bonds is 4. The molecule has 1 aromatic rings. The summed E-state index contributed by atoms with van der Waals surface area (Å²) >= 11 is 0. The van der Waals surface area contributed by atoms with Gasteiger partial charge in [0, 0.05) is 0 Å². The molecule has 0 fully saturated rings. The highest BCUT2D eigenvalue weighted by Gasteiger charge is 2.12. The van der Waals surface area contributed by atoms with Crippen molar-refractivity contribution in [2.75, 3.05) is 13.6 Å². The third kappa shape index (κ3) is 6.48. The largest absolute Gasteiger partial charge is 0.320 e. The first-order valence-corrected chi connectivity index (χ1v) is 6.78. The zero-order valence-corrected chi connectivity index (χ0v) is 12.4. The van der Waals surface area contributed by atoms with E-state index in [2.05, 4.69) is 50.4 Å². The molecule has 0 atom stereocenters. The molecule has 0 radical (unpaired) electrons. The fourth-order valence-electron chi connectivity index (χ4n) is 1.64. The minimum Gasteiger partial charge on any atom is -0.320 e. The normalized spacial score (nSPS) is 10.7. The van der Waals surface area contributed by atoms with E-state index in [1.54, 1.807) is 0 Å². The summed E-state index contributed by atoms with van der Waals surface area (Å²) in [6.45, 7) is 11.9. The summed E-state index contributed by atoms with van der Waals surface area (Å²) in [4.78, 5) is 0. The summed E-state index contributed by atoms with van der Waals surface area (Å²) in [6, 6.07) is 9.04. The molecule has 0 heterocycles. The van der Waals surface area contributed by atoms with Crippen molar-refractivity contribution in [3.63, 3.8) is 0 Å². The number of hydrogen-bond acceptors (Lipinski definition) is 1. The van der Waals surface area contributed by atoms with Crippen LogP contribution < -0.4 is 5.32 Å². The predicted molar refractivity (Wildman–Crippen MR) is 78.7 cm³/mol. The van der Waals surface area contributed by atoms with E-state index in [0.717, 1.165) is 6.54 Å². The Morgan fingerprint density at radius 3 is 1.94 bits per heavy atom. The molecule has 0 saturated carbocycles. The molecule has 0 aromatic heterocycles. The van der Waals surface area contributed by atoms with Crippen molar-refractivity contribution in [2.45, 2.75) is 52.9 Å². The molecule has 1 heteroatoms. The lowest BCUT2D eigenvalue weighted by atomic mass is 9.86. The first kappa shape index (κ1) is 16.2. The summed E-state index contributed by atoms with van der Waals surface area (Å²) in [5, 5.41) is 3.17. The van der Waals surface area contributed by atoms with Crippen LogP contribution >= 0.6 is 0 Å². The van der Waals surface area contributed by atoms with Crippen molar-refractivity contribution < 1.29 is 0 Å². The standard InChI is InChI=1S/C14H23N.C2H6/c1-14(2,3)13-9-7-12(8-10-13)6-5-11-15-4;1-2/h7-10,15H,5-6,11H2,1-4H3;1-2H3. The third-order valence-electron chi connectivity index (χ3n) is 2.71. The maximum absolute atomic E-state index is 3.17. The van der Waals surface area contributed by atoms with E-state index in [4.69, 9.17) is 0 Å². The molecule has 0 amide bonds. The van der Waals surface area contributed by atoms with E-state index in [-0.39, 0.29) is 5.41 Å². The van der Waals surface area contributed by atoms with E-state index >= 15 is 0 Å². The molecule has 0 aliphatic heterocycles. The maximum Gasteiger partial charge on any atom is -0.00488 e. The van der Waals surface area contributed by atoms with Crippen molar-refractivity contribution in [3.8, 4) is 0 Å². The van der Waals surface area contributed by atoms with Gasteiger partial charge >= 0.3 is 0 Å². The summed E-state index contributed by atoms with van der Waals surface area (Å²) in [6.07, 6.45) is 2.39. The van der Waals surface area contributed by atoms with Crippen LogP contribution in [0.15, 0.2) is 24.3 Å². The van der Waals surface area contributed by atoms with Crippen molar-refractivity contribution in [1.82, 2.24) is 5.32 Å². The van der Waals surface area contributed by atoms with Gasteiger partial charge in [0.05, 0.1) is 0 Å². The van der Waals surface area contributed by atoms with Crippen molar-refractivity contribution in [2.24, 2.45) is 0 Å². The van der Waals surface area contributed by atoms with E-state index in [1.807, 2.05) is 20.9 Å². The first-order valence-electron chi connectivity index (χ1n) is 6.78. The number of benzene rings is 1. The summed E-state index contributed by atoms with van der Waals surface area (Å²) in [5.41, 5.74) is 3.13. The molecule has 1 aromatic carbocycles. The monoisotopic (exact) mass is 235 g/mol. The van der Waals surface area contributed by atoms with Crippen molar-refractivity contribution >= 4 is 0 Å². The Balaban J connectivity index is 0.00000121. The van der Waals surface area contributed by atoms with Gasteiger partial charge in [-0.05, 0) is 43.0 Å². The average Bonchev–Trinajstić information content (AvgIpc) is 2.32. The van der Waals surface area contributed by atoms with Gasteiger partial charge in [0.25, 0.3) is 0 Å². The Labute approximate surface area is 108 Å². The molecule has 0 spiro atoms. The van der Waals surface area contributed by atoms with Crippen LogP contribution in [0.1, 0.15) is 52.2 Å². The highest BCUT2D eigenvalue weighted by Crippen LogP contribution is 2.22. The molecule has 0 bridgehead atoms. The van der Waals surface area contributed by atoms with Gasteiger partial charge in [-0.1, -0.05) is 58.9 Å². The lowest BCUT2D eigenvalue weighted by molar-refractivity contribution is 0.590. The SMILES string of the molecule is CC.CNCCCc1ccc(C(C)(C)C)cc1. The second-order valence-corrected chi connectivity index (χ2v) is 5.15. The molecular weight excluding hydrogens is 206 g/mol. The number of aryl methyl sites for hydroxylation is 1. The second kappa shape index (κ2) is 8.30. The van der Waals surface area contributed by atoms with Crippen LogP contribution in [0.2, 0.25) is 0 Å². The fraction of sp³-hybridized carbons (Fsp3) is 0.625. The molecule has 0 saturated heterocycles. The summed E-state index contributed by atoms with van der Waals surface area (Å²) in [7, 11) is 2.00. The van der Waals surface area contributed by atoms with Gasteiger partial charge in [-0.2, -0.15) is 0 Å². The molecule has 0 unspecified atom stereocenters. The van der Waals surface area contributed by atoms with Crippen molar-refractivity contribution in [1.29, 1.82) is 0 Å². The Hall–Kier alpha value is -0.820. The maximum atomic E-state index is 3.17. The Kier molecular flexibility index (Phi) is 7.90.